The third kappa shape index (κ3) is 6.02. The third-order valence-corrected chi connectivity index (χ3v) is 3.19. The van der Waals surface area contributed by atoms with Crippen LogP contribution in [0, 0.1) is 10.1 Å². The normalized spacial score (nSPS) is 10.6. The number of hydrogen-bond acceptors (Lipinski definition) is 6. The second-order valence-electron chi connectivity index (χ2n) is 5.14. The highest BCUT2D eigenvalue weighted by Gasteiger charge is 2.04. The van der Waals surface area contributed by atoms with Gasteiger partial charge in [0.1, 0.15) is 5.75 Å². The zero-order valence-electron chi connectivity index (χ0n) is 13.7. The van der Waals surface area contributed by atoms with Crippen LogP contribution in [-0.4, -0.2) is 17.6 Å². The van der Waals surface area contributed by atoms with Crippen molar-refractivity contribution < 1.29 is 14.5 Å². The van der Waals surface area contributed by atoms with Gasteiger partial charge in [-0.25, -0.2) is 4.79 Å². The molecule has 0 aromatic heterocycles. The summed E-state index contributed by atoms with van der Waals surface area (Å²) in [5.74, 6) is 0.406. The lowest BCUT2D eigenvalue weighted by molar-refractivity contribution is -0.384. The van der Waals surface area contributed by atoms with Crippen molar-refractivity contribution in [2.24, 2.45) is 10.2 Å². The monoisotopic (exact) mass is 342 g/mol. The Kier molecular flexibility index (Phi) is 6.58. The number of nitrogens with zero attached hydrogens (tertiary/aromatic N) is 3. The molecule has 8 nitrogen and oxygen atoms in total. The molecule has 0 aliphatic carbocycles. The highest BCUT2D eigenvalue weighted by atomic mass is 16.6. The minimum absolute atomic E-state index is 0.00216. The minimum atomic E-state index is -0.492. The molecular formula is C17H18N4O4. The Morgan fingerprint density at radius 2 is 1.64 bits per heavy atom. The van der Waals surface area contributed by atoms with E-state index in [9.17, 15) is 14.9 Å². The minimum Gasteiger partial charge on any atom is -0.410 e. The molecule has 2 aromatic rings. The van der Waals surface area contributed by atoms with Gasteiger partial charge in [0.15, 0.2) is 0 Å². The summed E-state index contributed by atoms with van der Waals surface area (Å²) in [6, 6.07) is 12.3. The van der Waals surface area contributed by atoms with Gasteiger partial charge in [-0.05, 0) is 42.8 Å². The van der Waals surface area contributed by atoms with Crippen molar-refractivity contribution in [3.8, 4) is 5.75 Å². The summed E-state index contributed by atoms with van der Waals surface area (Å²) in [7, 11) is 0. The second-order valence-corrected chi connectivity index (χ2v) is 5.14. The van der Waals surface area contributed by atoms with Crippen LogP contribution < -0.4 is 10.1 Å². The Labute approximate surface area is 144 Å². The van der Waals surface area contributed by atoms with Crippen molar-refractivity contribution in [3.63, 3.8) is 0 Å². The molecule has 8 heteroatoms. The number of azo groups is 1. The summed E-state index contributed by atoms with van der Waals surface area (Å²) in [4.78, 5) is 21.6. The van der Waals surface area contributed by atoms with E-state index in [-0.39, 0.29) is 5.69 Å². The number of non-ortho nitro benzene ring substituents is 1. The Morgan fingerprint density at radius 1 is 1.08 bits per heavy atom. The summed E-state index contributed by atoms with van der Waals surface area (Å²) in [6.45, 7) is 2.62. The van der Waals surface area contributed by atoms with Crippen LogP contribution in [0.4, 0.5) is 21.9 Å². The lowest BCUT2D eigenvalue weighted by atomic mass is 10.3. The van der Waals surface area contributed by atoms with E-state index >= 15 is 0 Å². The predicted octanol–water partition coefficient (Wildman–Crippen LogP) is 4.90. The number of nitro benzene ring substituents is 1. The van der Waals surface area contributed by atoms with Crippen molar-refractivity contribution in [2.45, 2.75) is 19.8 Å². The van der Waals surface area contributed by atoms with Crippen LogP contribution >= 0.6 is 0 Å². The molecule has 1 amide bonds. The van der Waals surface area contributed by atoms with Crippen LogP contribution in [0.2, 0.25) is 0 Å². The van der Waals surface area contributed by atoms with Gasteiger partial charge in [0.05, 0.1) is 16.3 Å². The molecule has 0 bridgehead atoms. The number of unbranched alkanes of at least 4 members (excludes halogenated alkanes) is 1. The number of benzene rings is 2. The molecule has 0 heterocycles. The Bertz CT molecular complexity index is 742. The molecule has 1 N–H and O–H groups in total. The maximum atomic E-state index is 11.5. The van der Waals surface area contributed by atoms with Crippen LogP contribution in [0.1, 0.15) is 19.8 Å². The van der Waals surface area contributed by atoms with Gasteiger partial charge in [-0.15, -0.1) is 0 Å². The number of carbonyl (C=O) groups is 1. The van der Waals surface area contributed by atoms with Crippen LogP contribution in [0.5, 0.6) is 5.75 Å². The van der Waals surface area contributed by atoms with Crippen molar-refractivity contribution in [3.05, 3.63) is 58.6 Å². The number of ether oxygens (including phenoxy) is 1. The number of nitrogens with one attached hydrogen (secondary N) is 1. The smallest absolute Gasteiger partial charge is 0.410 e. The molecule has 0 radical (unpaired) electrons. The largest absolute Gasteiger partial charge is 0.412 e. The first kappa shape index (κ1) is 18.1. The average Bonchev–Trinajstić information content (AvgIpc) is 2.62. The summed E-state index contributed by atoms with van der Waals surface area (Å²) >= 11 is 0. The van der Waals surface area contributed by atoms with E-state index in [4.69, 9.17) is 4.74 Å². The van der Waals surface area contributed by atoms with E-state index in [2.05, 4.69) is 15.5 Å². The average molecular weight is 342 g/mol. The summed E-state index contributed by atoms with van der Waals surface area (Å²) < 4.78 is 5.13. The molecule has 0 aliphatic rings. The molecule has 2 aromatic carbocycles. The van der Waals surface area contributed by atoms with E-state index in [1.54, 1.807) is 24.3 Å². The fourth-order valence-electron chi connectivity index (χ4n) is 1.85. The van der Waals surface area contributed by atoms with Gasteiger partial charge in [-0.1, -0.05) is 13.3 Å². The molecule has 0 spiro atoms. The van der Waals surface area contributed by atoms with Crippen LogP contribution in [0.3, 0.4) is 0 Å². The first-order valence-electron chi connectivity index (χ1n) is 7.80. The molecule has 0 fully saturated rings. The highest BCUT2D eigenvalue weighted by molar-refractivity contribution is 5.70. The van der Waals surface area contributed by atoms with Gasteiger partial charge in [-0.2, -0.15) is 10.2 Å². The molecular weight excluding hydrogens is 324 g/mol. The molecule has 0 saturated heterocycles. The Balaban J connectivity index is 1.91. The van der Waals surface area contributed by atoms with Crippen LogP contribution in [0.15, 0.2) is 58.8 Å². The lowest BCUT2D eigenvalue weighted by Gasteiger charge is -2.05. The highest BCUT2D eigenvalue weighted by Crippen LogP contribution is 2.23. The number of amides is 1. The number of nitro groups is 1. The van der Waals surface area contributed by atoms with Crippen molar-refractivity contribution in [1.29, 1.82) is 0 Å². The molecule has 130 valence electrons. The SMILES string of the molecule is CCCCNC(=O)Oc1ccc(N=Nc2ccc([N+](=O)[O-])cc2)cc1. The number of rotatable bonds is 7. The van der Waals surface area contributed by atoms with Gasteiger partial charge in [-0.3, -0.25) is 10.1 Å². The molecule has 0 saturated carbocycles. The maximum Gasteiger partial charge on any atom is 0.412 e. The number of hydrogen-bond donors (Lipinski definition) is 1. The van der Waals surface area contributed by atoms with E-state index in [0.29, 0.717) is 23.7 Å². The zero-order chi connectivity index (χ0) is 18.1. The van der Waals surface area contributed by atoms with Crippen LogP contribution in [-0.2, 0) is 0 Å². The third-order valence-electron chi connectivity index (χ3n) is 3.19. The summed E-state index contributed by atoms with van der Waals surface area (Å²) in [6.07, 6.45) is 1.40. The van der Waals surface area contributed by atoms with Gasteiger partial charge in [0.2, 0.25) is 0 Å². The topological polar surface area (TPSA) is 106 Å². The van der Waals surface area contributed by atoms with Crippen molar-refractivity contribution >= 4 is 23.2 Å². The second kappa shape index (κ2) is 9.11. The maximum absolute atomic E-state index is 11.5. The summed E-state index contributed by atoms with van der Waals surface area (Å²) in [5.41, 5.74) is 1.07. The fourth-order valence-corrected chi connectivity index (χ4v) is 1.85. The van der Waals surface area contributed by atoms with Gasteiger partial charge in [0.25, 0.3) is 5.69 Å². The molecule has 0 aliphatic heterocycles. The van der Waals surface area contributed by atoms with Gasteiger partial charge < -0.3 is 10.1 Å². The quantitative estimate of drug-likeness (QED) is 0.334. The molecule has 0 unspecified atom stereocenters. The van der Waals surface area contributed by atoms with Gasteiger partial charge in [0, 0.05) is 18.7 Å². The first-order chi connectivity index (χ1) is 12.1. The molecule has 2 rings (SSSR count). The van der Waals surface area contributed by atoms with E-state index < -0.39 is 11.0 Å². The fraction of sp³-hybridized carbons (Fsp3) is 0.235. The standard InChI is InChI=1S/C17H18N4O4/c1-2-3-12-18-17(22)25-16-10-6-14(7-11-16)20-19-13-4-8-15(9-5-13)21(23)24/h4-11H,2-3,12H2,1H3,(H,18,22). The Morgan fingerprint density at radius 3 is 2.16 bits per heavy atom. The zero-order valence-corrected chi connectivity index (χ0v) is 13.7. The van der Waals surface area contributed by atoms with E-state index in [1.807, 2.05) is 6.92 Å². The predicted molar refractivity (Wildman–Crippen MR) is 92.6 cm³/mol. The van der Waals surface area contributed by atoms with Crippen molar-refractivity contribution in [2.75, 3.05) is 6.54 Å². The summed E-state index contributed by atoms with van der Waals surface area (Å²) in [5, 5.41) is 21.3. The van der Waals surface area contributed by atoms with E-state index in [0.717, 1.165) is 12.8 Å². The Hall–Kier alpha value is -3.29. The van der Waals surface area contributed by atoms with Gasteiger partial charge >= 0.3 is 6.09 Å². The van der Waals surface area contributed by atoms with Crippen molar-refractivity contribution in [1.82, 2.24) is 5.32 Å². The lowest BCUT2D eigenvalue weighted by Crippen LogP contribution is -2.27. The van der Waals surface area contributed by atoms with Crippen LogP contribution in [0.25, 0.3) is 0 Å². The molecule has 0 atom stereocenters. The first-order valence-corrected chi connectivity index (χ1v) is 7.80. The number of carbonyl (C=O) groups excluding carboxylic acids is 1. The molecule has 25 heavy (non-hydrogen) atoms. The van der Waals surface area contributed by atoms with E-state index in [1.165, 1.54) is 24.3 Å².